The van der Waals surface area contributed by atoms with Gasteiger partial charge in [0.25, 0.3) is 5.91 Å². The Kier molecular flexibility index (Phi) is 7.69. The number of aromatic amines is 1. The molecule has 32 heavy (non-hydrogen) atoms. The fraction of sp³-hybridized carbons (Fsp3) is 0.261. The summed E-state index contributed by atoms with van der Waals surface area (Å²) in [6, 6.07) is 16.1. The van der Waals surface area contributed by atoms with Crippen LogP contribution in [0.5, 0.6) is 0 Å². The molecule has 3 aromatic rings. The minimum Gasteiger partial charge on any atom is -0.480 e. The number of carbonyl (C=O) groups excluding carboxylic acids is 2. The lowest BCUT2D eigenvalue weighted by molar-refractivity contribution is -0.142. The second-order valence-corrected chi connectivity index (χ2v) is 7.34. The number of H-pyrrole nitrogens is 1. The third-order valence-corrected chi connectivity index (χ3v) is 5.00. The Hall–Kier alpha value is -4.01. The predicted molar refractivity (Wildman–Crippen MR) is 118 cm³/mol. The number of benzene rings is 2. The molecule has 0 bridgehead atoms. The smallest absolute Gasteiger partial charge is 0.326 e. The fourth-order valence-corrected chi connectivity index (χ4v) is 3.31. The number of nitrogens with one attached hydrogen (secondary N) is 3. The summed E-state index contributed by atoms with van der Waals surface area (Å²) in [7, 11) is 0. The molecule has 9 heteroatoms. The van der Waals surface area contributed by atoms with Gasteiger partial charge in [-0.05, 0) is 29.5 Å². The minimum absolute atomic E-state index is 0.0189. The summed E-state index contributed by atoms with van der Waals surface area (Å²) < 4.78 is 0. The zero-order valence-electron chi connectivity index (χ0n) is 17.6. The summed E-state index contributed by atoms with van der Waals surface area (Å²) in [4.78, 5) is 36.0. The lowest BCUT2D eigenvalue weighted by Gasteiger charge is -2.23. The van der Waals surface area contributed by atoms with Gasteiger partial charge in [-0.1, -0.05) is 61.5 Å². The maximum atomic E-state index is 12.5. The van der Waals surface area contributed by atoms with E-state index in [2.05, 4.69) is 26.0 Å². The summed E-state index contributed by atoms with van der Waals surface area (Å²) >= 11 is 0. The highest BCUT2D eigenvalue weighted by molar-refractivity contribution is 5.92. The zero-order chi connectivity index (χ0) is 22.9. The summed E-state index contributed by atoms with van der Waals surface area (Å²) in [5.41, 5.74) is 3.15. The predicted octanol–water partition coefficient (Wildman–Crippen LogP) is 2.18. The van der Waals surface area contributed by atoms with Gasteiger partial charge < -0.3 is 15.7 Å². The van der Waals surface area contributed by atoms with E-state index < -0.39 is 24.0 Å². The van der Waals surface area contributed by atoms with Crippen LogP contribution in [0.15, 0.2) is 60.8 Å². The molecule has 0 unspecified atom stereocenters. The molecule has 1 heterocycles. The highest BCUT2D eigenvalue weighted by Gasteiger charge is 2.26. The lowest BCUT2D eigenvalue weighted by atomic mass is 9.97. The molecule has 0 spiro atoms. The van der Waals surface area contributed by atoms with Crippen LogP contribution in [0.25, 0.3) is 11.1 Å². The highest BCUT2D eigenvalue weighted by atomic mass is 16.4. The number of amides is 2. The number of aromatic nitrogens is 3. The SMILES string of the molecule is CCC(=O)N[C@H](C[C@@H](Cc1ccc(-c2ccccc2)cc1)NC(=O)c1cn[nH]n1)C(=O)O. The third kappa shape index (κ3) is 6.24. The number of carboxylic acids is 1. The molecule has 2 aromatic carbocycles. The lowest BCUT2D eigenvalue weighted by Crippen LogP contribution is -2.47. The molecular weight excluding hydrogens is 410 g/mol. The Balaban J connectivity index is 1.77. The highest BCUT2D eigenvalue weighted by Crippen LogP contribution is 2.20. The fourth-order valence-electron chi connectivity index (χ4n) is 3.31. The first-order valence-electron chi connectivity index (χ1n) is 10.3. The molecule has 0 fully saturated rings. The zero-order valence-corrected chi connectivity index (χ0v) is 17.6. The van der Waals surface area contributed by atoms with Crippen LogP contribution >= 0.6 is 0 Å². The molecular formula is C23H25N5O4. The Labute approximate surface area is 185 Å². The van der Waals surface area contributed by atoms with Gasteiger partial charge in [-0.3, -0.25) is 9.59 Å². The average Bonchev–Trinajstić information content (AvgIpc) is 3.34. The van der Waals surface area contributed by atoms with E-state index in [4.69, 9.17) is 0 Å². The molecule has 0 aliphatic heterocycles. The number of hydrogen-bond acceptors (Lipinski definition) is 5. The monoisotopic (exact) mass is 435 g/mol. The standard InChI is InChI=1S/C23H25N5O4/c1-2-21(29)26-19(23(31)32)13-18(25-22(30)20-14-24-28-27-20)12-15-8-10-17(11-9-15)16-6-4-3-5-7-16/h3-11,14,18-19H,2,12-13H2,1H3,(H,25,30)(H,26,29)(H,31,32)(H,24,27,28)/t18-,19-/m1/s1. The van der Waals surface area contributed by atoms with Crippen LogP contribution in [0.1, 0.15) is 35.8 Å². The van der Waals surface area contributed by atoms with Crippen molar-refractivity contribution < 1.29 is 19.5 Å². The van der Waals surface area contributed by atoms with Gasteiger partial charge in [-0.15, -0.1) is 0 Å². The molecule has 2 amide bonds. The molecule has 9 nitrogen and oxygen atoms in total. The van der Waals surface area contributed by atoms with Gasteiger partial charge >= 0.3 is 5.97 Å². The number of carboxylic acid groups (broad SMARTS) is 1. The van der Waals surface area contributed by atoms with E-state index in [-0.39, 0.29) is 24.4 Å². The molecule has 0 radical (unpaired) electrons. The van der Waals surface area contributed by atoms with Crippen molar-refractivity contribution in [3.8, 4) is 11.1 Å². The van der Waals surface area contributed by atoms with E-state index in [9.17, 15) is 19.5 Å². The van der Waals surface area contributed by atoms with Crippen LogP contribution in [-0.2, 0) is 16.0 Å². The Morgan fingerprint density at radius 2 is 1.69 bits per heavy atom. The van der Waals surface area contributed by atoms with Crippen LogP contribution in [0.4, 0.5) is 0 Å². The first-order valence-corrected chi connectivity index (χ1v) is 10.3. The maximum absolute atomic E-state index is 12.5. The largest absolute Gasteiger partial charge is 0.480 e. The van der Waals surface area contributed by atoms with Crippen LogP contribution in [0.2, 0.25) is 0 Å². The summed E-state index contributed by atoms with van der Waals surface area (Å²) in [5.74, 6) is -2.01. The number of nitrogens with zero attached hydrogens (tertiary/aromatic N) is 2. The van der Waals surface area contributed by atoms with Crippen molar-refractivity contribution in [3.63, 3.8) is 0 Å². The van der Waals surface area contributed by atoms with E-state index >= 15 is 0 Å². The van der Waals surface area contributed by atoms with Crippen LogP contribution in [0, 0.1) is 0 Å². The molecule has 166 valence electrons. The molecule has 0 saturated carbocycles. The number of aliphatic carboxylic acids is 1. The van der Waals surface area contributed by atoms with Gasteiger partial charge in [0.2, 0.25) is 5.91 Å². The summed E-state index contributed by atoms with van der Waals surface area (Å²) in [5, 5.41) is 24.6. The van der Waals surface area contributed by atoms with Crippen LogP contribution < -0.4 is 10.6 Å². The van der Waals surface area contributed by atoms with Gasteiger partial charge in [0.15, 0.2) is 5.69 Å². The Bertz CT molecular complexity index is 1040. The summed E-state index contributed by atoms with van der Waals surface area (Å²) in [6.07, 6.45) is 1.85. The molecule has 2 atom stereocenters. The quantitative estimate of drug-likeness (QED) is 0.385. The van der Waals surface area contributed by atoms with Gasteiger partial charge in [-0.2, -0.15) is 15.4 Å². The van der Waals surface area contributed by atoms with Crippen molar-refractivity contribution in [2.75, 3.05) is 0 Å². The van der Waals surface area contributed by atoms with Crippen LogP contribution in [0.3, 0.4) is 0 Å². The van der Waals surface area contributed by atoms with E-state index in [1.165, 1.54) is 6.20 Å². The van der Waals surface area contributed by atoms with Crippen molar-refractivity contribution in [2.24, 2.45) is 0 Å². The van der Waals surface area contributed by atoms with E-state index in [1.807, 2.05) is 54.6 Å². The van der Waals surface area contributed by atoms with E-state index in [0.29, 0.717) is 6.42 Å². The van der Waals surface area contributed by atoms with Crippen LogP contribution in [-0.4, -0.2) is 50.4 Å². The van der Waals surface area contributed by atoms with Gasteiger partial charge in [0.05, 0.1) is 6.20 Å². The number of hydrogen-bond donors (Lipinski definition) is 4. The molecule has 0 saturated heterocycles. The summed E-state index contributed by atoms with van der Waals surface area (Å²) in [6.45, 7) is 1.65. The third-order valence-electron chi connectivity index (χ3n) is 5.00. The maximum Gasteiger partial charge on any atom is 0.326 e. The molecule has 4 N–H and O–H groups in total. The van der Waals surface area contributed by atoms with Gasteiger partial charge in [-0.25, -0.2) is 4.79 Å². The number of rotatable bonds is 10. The minimum atomic E-state index is -1.16. The van der Waals surface area contributed by atoms with E-state index in [0.717, 1.165) is 16.7 Å². The molecule has 1 aromatic heterocycles. The Morgan fingerprint density at radius 1 is 1.00 bits per heavy atom. The van der Waals surface area contributed by atoms with Crippen molar-refractivity contribution in [3.05, 3.63) is 72.1 Å². The first kappa shape index (κ1) is 22.7. The normalized spacial score (nSPS) is 12.5. The second kappa shape index (κ2) is 10.9. The topological polar surface area (TPSA) is 137 Å². The van der Waals surface area contributed by atoms with Crippen molar-refractivity contribution in [2.45, 2.75) is 38.3 Å². The molecule has 0 aliphatic carbocycles. The van der Waals surface area contributed by atoms with Crippen molar-refractivity contribution in [1.29, 1.82) is 0 Å². The first-order chi connectivity index (χ1) is 15.5. The average molecular weight is 435 g/mol. The Morgan fingerprint density at radius 3 is 2.28 bits per heavy atom. The molecule has 0 aliphatic rings. The van der Waals surface area contributed by atoms with E-state index in [1.54, 1.807) is 6.92 Å². The van der Waals surface area contributed by atoms with Gasteiger partial charge in [0, 0.05) is 12.5 Å². The number of carbonyl (C=O) groups is 3. The van der Waals surface area contributed by atoms with Crippen molar-refractivity contribution >= 4 is 17.8 Å². The molecule has 3 rings (SSSR count). The van der Waals surface area contributed by atoms with Gasteiger partial charge in [0.1, 0.15) is 6.04 Å². The van der Waals surface area contributed by atoms with Crippen molar-refractivity contribution in [1.82, 2.24) is 26.0 Å². The second-order valence-electron chi connectivity index (χ2n) is 7.34.